The number of aromatic nitrogens is 1. The summed E-state index contributed by atoms with van der Waals surface area (Å²) in [6, 6.07) is 10.1. The molecule has 0 spiro atoms. The first-order valence-electron chi connectivity index (χ1n) is 6.53. The van der Waals surface area contributed by atoms with Gasteiger partial charge < -0.3 is 10.3 Å². The number of hydrogen-bond donors (Lipinski definition) is 2. The number of amides is 1. The van der Waals surface area contributed by atoms with Gasteiger partial charge >= 0.3 is 0 Å². The van der Waals surface area contributed by atoms with Crippen molar-refractivity contribution in [1.29, 1.82) is 0 Å². The molecule has 1 heterocycles. The smallest absolute Gasteiger partial charge is 0.267 e. The van der Waals surface area contributed by atoms with E-state index in [-0.39, 0.29) is 18.0 Å². The minimum absolute atomic E-state index is 0.0267. The molecule has 0 atom stereocenters. The van der Waals surface area contributed by atoms with Crippen LogP contribution in [0.15, 0.2) is 42.5 Å². The van der Waals surface area contributed by atoms with E-state index in [1.807, 2.05) is 0 Å². The monoisotopic (exact) mass is 320 g/mol. The van der Waals surface area contributed by atoms with Crippen molar-refractivity contribution < 1.29 is 13.6 Å². The fourth-order valence-electron chi connectivity index (χ4n) is 2.16. The highest BCUT2D eigenvalue weighted by Crippen LogP contribution is 2.20. The minimum atomic E-state index is -0.691. The van der Waals surface area contributed by atoms with Crippen LogP contribution in [0.2, 0.25) is 5.02 Å². The summed E-state index contributed by atoms with van der Waals surface area (Å²) < 4.78 is 26.3. The van der Waals surface area contributed by atoms with Gasteiger partial charge in [0.25, 0.3) is 5.91 Å². The maximum absolute atomic E-state index is 13.5. The average molecular weight is 321 g/mol. The van der Waals surface area contributed by atoms with E-state index in [1.54, 1.807) is 24.3 Å². The average Bonchev–Trinajstić information content (AvgIpc) is 2.89. The fourth-order valence-corrected chi connectivity index (χ4v) is 2.34. The van der Waals surface area contributed by atoms with E-state index in [0.29, 0.717) is 10.7 Å². The number of hydrogen-bond acceptors (Lipinski definition) is 1. The first kappa shape index (κ1) is 14.5. The van der Waals surface area contributed by atoms with Crippen molar-refractivity contribution in [3.63, 3.8) is 0 Å². The molecule has 3 aromatic rings. The van der Waals surface area contributed by atoms with Crippen molar-refractivity contribution in [3.05, 3.63) is 70.4 Å². The third-order valence-corrected chi connectivity index (χ3v) is 3.52. The molecule has 1 amide bonds. The normalized spacial score (nSPS) is 10.9. The van der Waals surface area contributed by atoms with Gasteiger partial charge in [0.2, 0.25) is 0 Å². The number of fused-ring (bicyclic) bond motifs is 1. The highest BCUT2D eigenvalue weighted by Gasteiger charge is 2.11. The summed E-state index contributed by atoms with van der Waals surface area (Å²) in [4.78, 5) is 15.0. The standard InChI is InChI=1S/C16H11ClF2N2O/c17-11-2-4-14-10(5-11)6-15(21-14)16(22)20-8-9-1-3-12(18)7-13(9)19/h1-7,21H,8H2,(H,20,22). The van der Waals surface area contributed by atoms with E-state index >= 15 is 0 Å². The predicted octanol–water partition coefficient (Wildman–Crippen LogP) is 4.03. The first-order valence-corrected chi connectivity index (χ1v) is 6.91. The molecule has 22 heavy (non-hydrogen) atoms. The number of halogens is 3. The number of aromatic amines is 1. The summed E-state index contributed by atoms with van der Waals surface area (Å²) in [6.07, 6.45) is 0. The van der Waals surface area contributed by atoms with E-state index in [4.69, 9.17) is 11.6 Å². The van der Waals surface area contributed by atoms with Crippen LogP contribution in [0.5, 0.6) is 0 Å². The van der Waals surface area contributed by atoms with Crippen molar-refractivity contribution in [2.45, 2.75) is 6.54 Å². The predicted molar refractivity (Wildman–Crippen MR) is 80.8 cm³/mol. The van der Waals surface area contributed by atoms with E-state index in [2.05, 4.69) is 10.3 Å². The van der Waals surface area contributed by atoms with Crippen molar-refractivity contribution >= 4 is 28.4 Å². The minimum Gasteiger partial charge on any atom is -0.351 e. The van der Waals surface area contributed by atoms with Crippen LogP contribution in [0, 0.1) is 11.6 Å². The Morgan fingerprint density at radius 2 is 1.95 bits per heavy atom. The second-order valence-corrected chi connectivity index (χ2v) is 5.27. The van der Waals surface area contributed by atoms with Gasteiger partial charge in [-0.3, -0.25) is 4.79 Å². The van der Waals surface area contributed by atoms with Gasteiger partial charge in [-0.25, -0.2) is 8.78 Å². The quantitative estimate of drug-likeness (QED) is 0.752. The fraction of sp³-hybridized carbons (Fsp3) is 0.0625. The summed E-state index contributed by atoms with van der Waals surface area (Å²) in [5.74, 6) is -1.72. The largest absolute Gasteiger partial charge is 0.351 e. The Hall–Kier alpha value is -2.40. The Balaban J connectivity index is 1.75. The molecule has 0 saturated carbocycles. The Morgan fingerprint density at radius 1 is 1.14 bits per heavy atom. The van der Waals surface area contributed by atoms with Crippen LogP contribution in [0.3, 0.4) is 0 Å². The van der Waals surface area contributed by atoms with Crippen LogP contribution in [0.4, 0.5) is 8.78 Å². The molecule has 0 aliphatic carbocycles. The molecule has 112 valence electrons. The van der Waals surface area contributed by atoms with E-state index in [9.17, 15) is 13.6 Å². The lowest BCUT2D eigenvalue weighted by atomic mass is 10.2. The summed E-state index contributed by atoms with van der Waals surface area (Å²) in [5, 5.41) is 3.97. The lowest BCUT2D eigenvalue weighted by Gasteiger charge is -2.05. The molecule has 0 fully saturated rings. The zero-order chi connectivity index (χ0) is 15.7. The molecule has 3 rings (SSSR count). The van der Waals surface area contributed by atoms with Gasteiger partial charge in [0, 0.05) is 34.1 Å². The SMILES string of the molecule is O=C(NCc1ccc(F)cc1F)c1cc2cc(Cl)ccc2[nH]1. The van der Waals surface area contributed by atoms with Crippen molar-refractivity contribution in [1.82, 2.24) is 10.3 Å². The van der Waals surface area contributed by atoms with E-state index in [1.165, 1.54) is 6.07 Å². The van der Waals surface area contributed by atoms with E-state index in [0.717, 1.165) is 23.0 Å². The number of carbonyl (C=O) groups is 1. The molecule has 3 nitrogen and oxygen atoms in total. The van der Waals surface area contributed by atoms with Gasteiger partial charge in [-0.05, 0) is 30.3 Å². The number of carbonyl (C=O) groups excluding carboxylic acids is 1. The molecule has 2 N–H and O–H groups in total. The molecule has 0 saturated heterocycles. The van der Waals surface area contributed by atoms with Crippen molar-refractivity contribution in [2.75, 3.05) is 0 Å². The molecule has 2 aromatic carbocycles. The number of nitrogens with one attached hydrogen (secondary N) is 2. The third-order valence-electron chi connectivity index (χ3n) is 3.28. The van der Waals surface area contributed by atoms with Gasteiger partial charge in [-0.15, -0.1) is 0 Å². The maximum atomic E-state index is 13.5. The number of rotatable bonds is 3. The lowest BCUT2D eigenvalue weighted by Crippen LogP contribution is -2.23. The lowest BCUT2D eigenvalue weighted by molar-refractivity contribution is 0.0946. The van der Waals surface area contributed by atoms with Gasteiger partial charge in [-0.1, -0.05) is 17.7 Å². The molecular weight excluding hydrogens is 310 g/mol. The van der Waals surface area contributed by atoms with Crippen LogP contribution in [-0.4, -0.2) is 10.9 Å². The Bertz CT molecular complexity index is 860. The number of H-pyrrole nitrogens is 1. The molecular formula is C16H11ClF2N2O. The molecule has 6 heteroatoms. The second-order valence-electron chi connectivity index (χ2n) is 4.83. The molecule has 0 unspecified atom stereocenters. The third kappa shape index (κ3) is 2.94. The van der Waals surface area contributed by atoms with Gasteiger partial charge in [-0.2, -0.15) is 0 Å². The Labute approximate surface area is 129 Å². The first-order chi connectivity index (χ1) is 10.5. The molecule has 0 aliphatic heterocycles. The highest BCUT2D eigenvalue weighted by atomic mass is 35.5. The van der Waals surface area contributed by atoms with Crippen LogP contribution in [0.1, 0.15) is 16.1 Å². The van der Waals surface area contributed by atoms with Gasteiger partial charge in [0.15, 0.2) is 0 Å². The topological polar surface area (TPSA) is 44.9 Å². The van der Waals surface area contributed by atoms with E-state index < -0.39 is 11.6 Å². The highest BCUT2D eigenvalue weighted by molar-refractivity contribution is 6.31. The summed E-state index contributed by atoms with van der Waals surface area (Å²) in [6.45, 7) is -0.0267. The second kappa shape index (κ2) is 5.77. The van der Waals surface area contributed by atoms with Crippen LogP contribution in [0.25, 0.3) is 10.9 Å². The van der Waals surface area contributed by atoms with Crippen molar-refractivity contribution in [3.8, 4) is 0 Å². The van der Waals surface area contributed by atoms with Crippen LogP contribution < -0.4 is 5.32 Å². The number of benzene rings is 2. The summed E-state index contributed by atoms with van der Waals surface area (Å²) in [7, 11) is 0. The van der Waals surface area contributed by atoms with Gasteiger partial charge in [0.05, 0.1) is 0 Å². The maximum Gasteiger partial charge on any atom is 0.267 e. The van der Waals surface area contributed by atoms with Crippen molar-refractivity contribution in [2.24, 2.45) is 0 Å². The molecule has 1 aromatic heterocycles. The Morgan fingerprint density at radius 3 is 2.73 bits per heavy atom. The zero-order valence-electron chi connectivity index (χ0n) is 11.3. The zero-order valence-corrected chi connectivity index (χ0v) is 12.0. The molecule has 0 aliphatic rings. The van der Waals surface area contributed by atoms with Crippen LogP contribution >= 0.6 is 11.6 Å². The van der Waals surface area contributed by atoms with Gasteiger partial charge in [0.1, 0.15) is 17.3 Å². The summed E-state index contributed by atoms with van der Waals surface area (Å²) >= 11 is 5.89. The Kier molecular flexibility index (Phi) is 3.81. The molecule has 0 bridgehead atoms. The summed E-state index contributed by atoms with van der Waals surface area (Å²) in [5.41, 5.74) is 1.34. The van der Waals surface area contributed by atoms with Crippen LogP contribution in [-0.2, 0) is 6.54 Å². The molecule has 0 radical (unpaired) electrons.